The summed E-state index contributed by atoms with van der Waals surface area (Å²) in [5, 5.41) is 5.39. The molecule has 2 saturated heterocycles. The largest absolute Gasteiger partial charge is 0.351 e. The van der Waals surface area contributed by atoms with Crippen LogP contribution < -0.4 is 5.32 Å². The SMILES string of the molecule is O=C1CCCC2(CCN(Cc3cccs3)CC2)N1. The Balaban J connectivity index is 1.56. The van der Waals surface area contributed by atoms with Crippen LogP contribution in [0.4, 0.5) is 0 Å². The van der Waals surface area contributed by atoms with Gasteiger partial charge in [0.15, 0.2) is 0 Å². The highest BCUT2D eigenvalue weighted by Gasteiger charge is 2.37. The number of amides is 1. The molecule has 1 aromatic rings. The first-order valence-corrected chi connectivity index (χ1v) is 7.70. The van der Waals surface area contributed by atoms with Crippen LogP contribution >= 0.6 is 11.3 Å². The highest BCUT2D eigenvalue weighted by molar-refractivity contribution is 7.09. The van der Waals surface area contributed by atoms with E-state index in [1.807, 2.05) is 11.3 Å². The molecule has 0 aromatic carbocycles. The van der Waals surface area contributed by atoms with Crippen LogP contribution in [0.3, 0.4) is 0 Å². The van der Waals surface area contributed by atoms with Crippen LogP contribution in [0.15, 0.2) is 17.5 Å². The van der Waals surface area contributed by atoms with E-state index in [9.17, 15) is 4.79 Å². The summed E-state index contributed by atoms with van der Waals surface area (Å²) in [5.41, 5.74) is 0.126. The van der Waals surface area contributed by atoms with Crippen LogP contribution in [0.2, 0.25) is 0 Å². The molecular weight excluding hydrogens is 244 g/mol. The molecule has 1 aromatic heterocycles. The smallest absolute Gasteiger partial charge is 0.220 e. The molecule has 0 aliphatic carbocycles. The van der Waals surface area contributed by atoms with Gasteiger partial charge in [0.05, 0.1) is 0 Å². The van der Waals surface area contributed by atoms with E-state index in [-0.39, 0.29) is 11.4 Å². The molecule has 2 aliphatic rings. The molecular formula is C14H20N2OS. The van der Waals surface area contributed by atoms with Gasteiger partial charge in [0.25, 0.3) is 0 Å². The first kappa shape index (κ1) is 12.2. The summed E-state index contributed by atoms with van der Waals surface area (Å²) in [6.07, 6.45) is 5.19. The number of nitrogens with zero attached hydrogens (tertiary/aromatic N) is 1. The minimum Gasteiger partial charge on any atom is -0.351 e. The molecule has 2 aliphatic heterocycles. The third-order valence-corrected chi connectivity index (χ3v) is 5.10. The highest BCUT2D eigenvalue weighted by atomic mass is 32.1. The number of thiophene rings is 1. The van der Waals surface area contributed by atoms with Crippen LogP contribution in [0.5, 0.6) is 0 Å². The molecule has 3 rings (SSSR count). The number of hydrogen-bond acceptors (Lipinski definition) is 3. The third kappa shape index (κ3) is 2.59. The maximum Gasteiger partial charge on any atom is 0.220 e. The van der Waals surface area contributed by atoms with Crippen LogP contribution in [0.25, 0.3) is 0 Å². The second-order valence-corrected chi connectivity index (χ2v) is 6.57. The second kappa shape index (κ2) is 5.02. The van der Waals surface area contributed by atoms with Crippen molar-refractivity contribution in [1.29, 1.82) is 0 Å². The fraction of sp³-hybridized carbons (Fsp3) is 0.643. The summed E-state index contributed by atoms with van der Waals surface area (Å²) in [6.45, 7) is 3.29. The van der Waals surface area contributed by atoms with Gasteiger partial charge in [0.2, 0.25) is 5.91 Å². The van der Waals surface area contributed by atoms with Crippen molar-refractivity contribution in [2.45, 2.75) is 44.2 Å². The topological polar surface area (TPSA) is 32.3 Å². The van der Waals surface area contributed by atoms with Crippen molar-refractivity contribution in [3.05, 3.63) is 22.4 Å². The standard InChI is InChI=1S/C14H20N2OS/c17-13-4-1-5-14(15-13)6-8-16(9-7-14)11-12-3-2-10-18-12/h2-3,10H,1,4-9,11H2,(H,15,17). The number of carbonyl (C=O) groups is 1. The molecule has 1 amide bonds. The fourth-order valence-electron chi connectivity index (χ4n) is 3.15. The summed E-state index contributed by atoms with van der Waals surface area (Å²) < 4.78 is 0. The Morgan fingerprint density at radius 2 is 2.17 bits per heavy atom. The maximum absolute atomic E-state index is 11.6. The normalized spacial score (nSPS) is 24.1. The minimum absolute atomic E-state index is 0.126. The average Bonchev–Trinajstić information content (AvgIpc) is 2.85. The van der Waals surface area contributed by atoms with Crippen molar-refractivity contribution >= 4 is 17.2 Å². The van der Waals surface area contributed by atoms with Crippen LogP contribution in [0.1, 0.15) is 37.0 Å². The van der Waals surface area contributed by atoms with E-state index >= 15 is 0 Å². The van der Waals surface area contributed by atoms with Gasteiger partial charge in [0.1, 0.15) is 0 Å². The van der Waals surface area contributed by atoms with E-state index < -0.39 is 0 Å². The summed E-state index contributed by atoms with van der Waals surface area (Å²) >= 11 is 1.83. The van der Waals surface area contributed by atoms with Gasteiger partial charge in [-0.05, 0) is 37.1 Å². The minimum atomic E-state index is 0.126. The number of hydrogen-bond donors (Lipinski definition) is 1. The molecule has 3 heterocycles. The van der Waals surface area contributed by atoms with Crippen molar-refractivity contribution in [1.82, 2.24) is 10.2 Å². The van der Waals surface area contributed by atoms with Crippen molar-refractivity contribution in [2.24, 2.45) is 0 Å². The second-order valence-electron chi connectivity index (χ2n) is 5.54. The zero-order chi connectivity index (χ0) is 12.4. The van der Waals surface area contributed by atoms with Crippen molar-refractivity contribution in [3.63, 3.8) is 0 Å². The molecule has 18 heavy (non-hydrogen) atoms. The predicted molar refractivity (Wildman–Crippen MR) is 73.6 cm³/mol. The predicted octanol–water partition coefficient (Wildman–Crippen LogP) is 2.38. The number of rotatable bonds is 2. The van der Waals surface area contributed by atoms with E-state index in [2.05, 4.69) is 27.7 Å². The first-order valence-electron chi connectivity index (χ1n) is 6.82. The zero-order valence-electron chi connectivity index (χ0n) is 10.7. The van der Waals surface area contributed by atoms with Gasteiger partial charge < -0.3 is 5.32 Å². The average molecular weight is 264 g/mol. The summed E-state index contributed by atoms with van der Waals surface area (Å²) in [5.74, 6) is 0.257. The van der Waals surface area contributed by atoms with E-state index in [0.717, 1.165) is 45.3 Å². The molecule has 0 radical (unpaired) electrons. The molecule has 0 atom stereocenters. The van der Waals surface area contributed by atoms with Crippen molar-refractivity contribution in [2.75, 3.05) is 13.1 Å². The van der Waals surface area contributed by atoms with E-state index in [4.69, 9.17) is 0 Å². The zero-order valence-corrected chi connectivity index (χ0v) is 11.5. The van der Waals surface area contributed by atoms with E-state index in [1.54, 1.807) is 0 Å². The van der Waals surface area contributed by atoms with Gasteiger partial charge >= 0.3 is 0 Å². The molecule has 1 spiro atoms. The van der Waals surface area contributed by atoms with Crippen LogP contribution in [-0.2, 0) is 11.3 Å². The highest BCUT2D eigenvalue weighted by Crippen LogP contribution is 2.31. The number of nitrogens with one attached hydrogen (secondary N) is 1. The van der Waals surface area contributed by atoms with Crippen LogP contribution in [-0.4, -0.2) is 29.4 Å². The molecule has 0 saturated carbocycles. The lowest BCUT2D eigenvalue weighted by atomic mass is 9.80. The Labute approximate surface area is 112 Å². The van der Waals surface area contributed by atoms with E-state index in [0.29, 0.717) is 0 Å². The van der Waals surface area contributed by atoms with Crippen molar-refractivity contribution < 1.29 is 4.79 Å². The lowest BCUT2D eigenvalue weighted by Crippen LogP contribution is -2.57. The summed E-state index contributed by atoms with van der Waals surface area (Å²) in [7, 11) is 0. The molecule has 4 heteroatoms. The van der Waals surface area contributed by atoms with Gasteiger partial charge in [-0.2, -0.15) is 0 Å². The quantitative estimate of drug-likeness (QED) is 0.889. The van der Waals surface area contributed by atoms with Gasteiger partial charge in [-0.1, -0.05) is 6.07 Å². The molecule has 2 fully saturated rings. The number of carbonyl (C=O) groups excluding carboxylic acids is 1. The van der Waals surface area contributed by atoms with Crippen LogP contribution in [0, 0.1) is 0 Å². The Hall–Kier alpha value is -0.870. The lowest BCUT2D eigenvalue weighted by Gasteiger charge is -2.44. The number of likely N-dealkylation sites (tertiary alicyclic amines) is 1. The van der Waals surface area contributed by atoms with E-state index in [1.165, 1.54) is 11.3 Å². The van der Waals surface area contributed by atoms with Gasteiger partial charge in [-0.25, -0.2) is 0 Å². The Morgan fingerprint density at radius 1 is 1.33 bits per heavy atom. The summed E-state index contributed by atoms with van der Waals surface area (Å²) in [6, 6.07) is 4.32. The van der Waals surface area contributed by atoms with Gasteiger partial charge in [-0.15, -0.1) is 11.3 Å². The molecule has 3 nitrogen and oxygen atoms in total. The first-order chi connectivity index (χ1) is 8.76. The maximum atomic E-state index is 11.6. The lowest BCUT2D eigenvalue weighted by molar-refractivity contribution is -0.126. The fourth-order valence-corrected chi connectivity index (χ4v) is 3.89. The number of piperidine rings is 2. The van der Waals surface area contributed by atoms with Crippen molar-refractivity contribution in [3.8, 4) is 0 Å². The monoisotopic (exact) mass is 264 g/mol. The third-order valence-electron chi connectivity index (χ3n) is 4.24. The molecule has 0 bridgehead atoms. The summed E-state index contributed by atoms with van der Waals surface area (Å²) in [4.78, 5) is 15.5. The molecule has 1 N–H and O–H groups in total. The Kier molecular flexibility index (Phi) is 3.39. The Morgan fingerprint density at radius 3 is 2.83 bits per heavy atom. The van der Waals surface area contributed by atoms with Gasteiger partial charge in [-0.3, -0.25) is 9.69 Å². The molecule has 98 valence electrons. The Bertz CT molecular complexity index is 407. The van der Waals surface area contributed by atoms with Gasteiger partial charge in [0, 0.05) is 36.5 Å². The molecule has 0 unspecified atom stereocenters.